The first kappa shape index (κ1) is 16.8. The largest absolute Gasteiger partial charge is 0.481 e. The van der Waals surface area contributed by atoms with Crippen LogP contribution in [0.25, 0.3) is 0 Å². The van der Waals surface area contributed by atoms with Gasteiger partial charge >= 0.3 is 5.97 Å². The second-order valence-corrected chi connectivity index (χ2v) is 6.98. The summed E-state index contributed by atoms with van der Waals surface area (Å²) in [5, 5.41) is 9.64. The van der Waals surface area contributed by atoms with E-state index in [0.717, 1.165) is 38.0 Å². The molecule has 0 aliphatic carbocycles. The van der Waals surface area contributed by atoms with E-state index in [1.165, 1.54) is 0 Å². The molecule has 0 radical (unpaired) electrons. The number of carboxylic acids is 1. The first-order chi connectivity index (χ1) is 11.6. The average molecular weight is 330 g/mol. The molecule has 3 rings (SSSR count). The zero-order chi connectivity index (χ0) is 17.2. The Morgan fingerprint density at radius 3 is 2.50 bits per heavy atom. The normalized spacial score (nSPS) is 24.2. The summed E-state index contributed by atoms with van der Waals surface area (Å²) in [6.07, 6.45) is 4.27. The van der Waals surface area contributed by atoms with Gasteiger partial charge in [-0.05, 0) is 44.2 Å². The third kappa shape index (κ3) is 2.99. The lowest BCUT2D eigenvalue weighted by molar-refractivity contribution is -0.152. The van der Waals surface area contributed by atoms with Gasteiger partial charge in [0.2, 0.25) is 0 Å². The van der Waals surface area contributed by atoms with E-state index >= 15 is 0 Å². The second-order valence-electron chi connectivity index (χ2n) is 6.98. The number of amides is 1. The van der Waals surface area contributed by atoms with Crippen LogP contribution in [-0.4, -0.2) is 48.1 Å². The number of para-hydroxylation sites is 1. The molecule has 0 bridgehead atoms. The summed E-state index contributed by atoms with van der Waals surface area (Å²) in [7, 11) is 0. The maximum atomic E-state index is 13.1. The van der Waals surface area contributed by atoms with Gasteiger partial charge in [0, 0.05) is 31.9 Å². The number of carbonyl (C=O) groups excluding carboxylic acids is 1. The molecule has 1 aromatic carbocycles. The molecular weight excluding hydrogens is 304 g/mol. The number of hydrogen-bond acceptors (Lipinski definition) is 3. The van der Waals surface area contributed by atoms with Gasteiger partial charge in [-0.15, -0.1) is 0 Å². The Morgan fingerprint density at radius 1 is 1.12 bits per heavy atom. The standard InChI is InChI=1S/C19H26N2O3/c1-2-19(18(23)24)10-7-13-21(14-19)17(22)15-8-3-4-9-16(15)20-11-5-6-12-20/h3-4,8-9H,2,5-7,10-14H2,1H3,(H,23,24)/t19-/m1/s1. The molecule has 1 N–H and O–H groups in total. The van der Waals surface area contributed by atoms with Gasteiger partial charge < -0.3 is 14.9 Å². The van der Waals surface area contributed by atoms with Crippen LogP contribution in [0.4, 0.5) is 5.69 Å². The number of benzene rings is 1. The van der Waals surface area contributed by atoms with Crippen molar-refractivity contribution in [3.63, 3.8) is 0 Å². The van der Waals surface area contributed by atoms with Gasteiger partial charge in [-0.25, -0.2) is 0 Å². The highest BCUT2D eigenvalue weighted by molar-refractivity contribution is 6.00. The smallest absolute Gasteiger partial charge is 0.311 e. The quantitative estimate of drug-likeness (QED) is 0.922. The number of anilines is 1. The van der Waals surface area contributed by atoms with E-state index in [2.05, 4.69) is 4.90 Å². The monoisotopic (exact) mass is 330 g/mol. The van der Waals surface area contributed by atoms with Gasteiger partial charge in [-0.1, -0.05) is 19.1 Å². The molecule has 1 amide bonds. The summed E-state index contributed by atoms with van der Waals surface area (Å²) in [6.45, 7) is 4.82. The Morgan fingerprint density at radius 2 is 1.83 bits per heavy atom. The van der Waals surface area contributed by atoms with Crippen LogP contribution in [0, 0.1) is 5.41 Å². The fourth-order valence-corrected chi connectivity index (χ4v) is 3.98. The molecule has 2 aliphatic rings. The topological polar surface area (TPSA) is 60.9 Å². The minimum absolute atomic E-state index is 0.0312. The summed E-state index contributed by atoms with van der Waals surface area (Å²) in [6, 6.07) is 7.74. The number of likely N-dealkylation sites (tertiary alicyclic amines) is 1. The van der Waals surface area contributed by atoms with Crippen LogP contribution in [0.2, 0.25) is 0 Å². The van der Waals surface area contributed by atoms with Gasteiger partial charge in [0.05, 0.1) is 11.0 Å². The van der Waals surface area contributed by atoms with Gasteiger partial charge in [0.1, 0.15) is 0 Å². The van der Waals surface area contributed by atoms with E-state index in [4.69, 9.17) is 0 Å². The maximum Gasteiger partial charge on any atom is 0.311 e. The fraction of sp³-hybridized carbons (Fsp3) is 0.579. The van der Waals surface area contributed by atoms with E-state index in [9.17, 15) is 14.7 Å². The molecule has 2 fully saturated rings. The van der Waals surface area contributed by atoms with Crippen molar-refractivity contribution in [2.45, 2.75) is 39.0 Å². The van der Waals surface area contributed by atoms with E-state index in [1.807, 2.05) is 31.2 Å². The maximum absolute atomic E-state index is 13.1. The third-order valence-electron chi connectivity index (χ3n) is 5.58. The molecule has 2 aliphatic heterocycles. The van der Waals surface area contributed by atoms with E-state index in [-0.39, 0.29) is 5.91 Å². The molecule has 0 unspecified atom stereocenters. The summed E-state index contributed by atoms with van der Waals surface area (Å²) in [4.78, 5) is 28.9. The highest BCUT2D eigenvalue weighted by atomic mass is 16.4. The van der Waals surface area contributed by atoms with Gasteiger partial charge in [-0.2, -0.15) is 0 Å². The van der Waals surface area contributed by atoms with Crippen LogP contribution in [0.5, 0.6) is 0 Å². The Hall–Kier alpha value is -2.04. The molecular formula is C19H26N2O3. The Labute approximate surface area is 143 Å². The van der Waals surface area contributed by atoms with Crippen molar-refractivity contribution in [3.8, 4) is 0 Å². The molecule has 1 atom stereocenters. The minimum Gasteiger partial charge on any atom is -0.481 e. The molecule has 0 aromatic heterocycles. The van der Waals surface area contributed by atoms with E-state index in [1.54, 1.807) is 4.90 Å². The third-order valence-corrected chi connectivity index (χ3v) is 5.58. The zero-order valence-corrected chi connectivity index (χ0v) is 14.3. The van der Waals surface area contributed by atoms with Crippen LogP contribution in [-0.2, 0) is 4.79 Å². The lowest BCUT2D eigenvalue weighted by Crippen LogP contribution is -2.49. The van der Waals surface area contributed by atoms with Crippen molar-refractivity contribution in [3.05, 3.63) is 29.8 Å². The van der Waals surface area contributed by atoms with Crippen molar-refractivity contribution >= 4 is 17.6 Å². The van der Waals surface area contributed by atoms with Crippen molar-refractivity contribution in [1.29, 1.82) is 0 Å². The van der Waals surface area contributed by atoms with Crippen LogP contribution >= 0.6 is 0 Å². The molecule has 2 saturated heterocycles. The number of hydrogen-bond donors (Lipinski definition) is 1. The molecule has 0 spiro atoms. The molecule has 24 heavy (non-hydrogen) atoms. The highest BCUT2D eigenvalue weighted by Gasteiger charge is 2.42. The number of aliphatic carboxylic acids is 1. The molecule has 0 saturated carbocycles. The lowest BCUT2D eigenvalue weighted by atomic mass is 9.77. The predicted molar refractivity (Wildman–Crippen MR) is 93.4 cm³/mol. The summed E-state index contributed by atoms with van der Waals surface area (Å²) in [5.41, 5.74) is 0.899. The molecule has 130 valence electrons. The number of carboxylic acid groups (broad SMARTS) is 1. The first-order valence-corrected chi connectivity index (χ1v) is 8.94. The van der Waals surface area contributed by atoms with E-state index in [0.29, 0.717) is 31.5 Å². The lowest BCUT2D eigenvalue weighted by Gasteiger charge is -2.39. The molecule has 2 heterocycles. The van der Waals surface area contributed by atoms with Gasteiger partial charge in [0.25, 0.3) is 5.91 Å². The Kier molecular flexibility index (Phi) is 4.78. The number of nitrogens with zero attached hydrogens (tertiary/aromatic N) is 2. The zero-order valence-electron chi connectivity index (χ0n) is 14.3. The number of piperidine rings is 1. The van der Waals surface area contributed by atoms with Crippen LogP contribution in [0.15, 0.2) is 24.3 Å². The van der Waals surface area contributed by atoms with Crippen molar-refractivity contribution in [1.82, 2.24) is 4.90 Å². The summed E-state index contributed by atoms with van der Waals surface area (Å²) >= 11 is 0. The summed E-state index contributed by atoms with van der Waals surface area (Å²) in [5.74, 6) is -0.813. The van der Waals surface area contributed by atoms with Gasteiger partial charge in [-0.3, -0.25) is 9.59 Å². The SMILES string of the molecule is CC[C@@]1(C(=O)O)CCCN(C(=O)c2ccccc2N2CCCC2)C1. The van der Waals surface area contributed by atoms with Crippen LogP contribution < -0.4 is 4.90 Å². The van der Waals surface area contributed by atoms with Crippen LogP contribution in [0.1, 0.15) is 49.4 Å². The van der Waals surface area contributed by atoms with Crippen molar-refractivity contribution < 1.29 is 14.7 Å². The van der Waals surface area contributed by atoms with Crippen LogP contribution in [0.3, 0.4) is 0 Å². The second kappa shape index (κ2) is 6.83. The number of rotatable bonds is 4. The molecule has 5 nitrogen and oxygen atoms in total. The fourth-order valence-electron chi connectivity index (χ4n) is 3.98. The van der Waals surface area contributed by atoms with Crippen molar-refractivity contribution in [2.75, 3.05) is 31.1 Å². The minimum atomic E-state index is -0.795. The van der Waals surface area contributed by atoms with Gasteiger partial charge in [0.15, 0.2) is 0 Å². The Bertz CT molecular complexity index is 625. The highest BCUT2D eigenvalue weighted by Crippen LogP contribution is 2.35. The Balaban J connectivity index is 1.85. The average Bonchev–Trinajstić information content (AvgIpc) is 3.15. The predicted octanol–water partition coefficient (Wildman–Crippen LogP) is 3.00. The van der Waals surface area contributed by atoms with E-state index < -0.39 is 11.4 Å². The molecule has 1 aromatic rings. The first-order valence-electron chi connectivity index (χ1n) is 8.94. The van der Waals surface area contributed by atoms with Crippen molar-refractivity contribution in [2.24, 2.45) is 5.41 Å². The summed E-state index contributed by atoms with van der Waals surface area (Å²) < 4.78 is 0. The molecule has 5 heteroatoms. The number of carbonyl (C=O) groups is 2.